The van der Waals surface area contributed by atoms with E-state index in [0.717, 1.165) is 0 Å². The molecular weight excluding hydrogens is 308 g/mol. The molecule has 0 fully saturated rings. The molecule has 0 rings (SSSR count). The van der Waals surface area contributed by atoms with Crippen LogP contribution in [0, 0.1) is 0 Å². The van der Waals surface area contributed by atoms with Crippen molar-refractivity contribution in [1.82, 2.24) is 0 Å². The molecule has 1 atom stereocenters. The van der Waals surface area contributed by atoms with E-state index in [9.17, 15) is 24.6 Å². The maximum Gasteiger partial charge on any atom is 0.415 e. The molecule has 0 aromatic heterocycles. The van der Waals surface area contributed by atoms with Gasteiger partial charge in [0.2, 0.25) is 6.10 Å². The van der Waals surface area contributed by atoms with Crippen LogP contribution < -0.4 is 0 Å². The molecule has 8 heteroatoms. The van der Waals surface area contributed by atoms with Gasteiger partial charge in [-0.15, -0.1) is 0 Å². The van der Waals surface area contributed by atoms with Crippen LogP contribution in [0.5, 0.6) is 0 Å². The summed E-state index contributed by atoms with van der Waals surface area (Å²) in [6.45, 7) is 12.8. The smallest absolute Gasteiger partial charge is 0.415 e. The topological polar surface area (TPSA) is 119 Å². The summed E-state index contributed by atoms with van der Waals surface area (Å²) in [7, 11) is 0. The lowest BCUT2D eigenvalue weighted by atomic mass is 10.2. The van der Waals surface area contributed by atoms with Crippen molar-refractivity contribution in [2.24, 2.45) is 0 Å². The fourth-order valence-corrected chi connectivity index (χ4v) is 1.05. The van der Waals surface area contributed by atoms with Crippen LogP contribution in [0.15, 0.2) is 36.5 Å². The number of hydrogen-bond donors (Lipinski definition) is 2. The van der Waals surface area contributed by atoms with Gasteiger partial charge in [-0.05, 0) is 20.8 Å². The van der Waals surface area contributed by atoms with Gasteiger partial charge in [0, 0.05) is 16.7 Å². The number of hydrogen-bond acceptors (Lipinski definition) is 8. The Bertz CT molecular complexity index is 518. The van der Waals surface area contributed by atoms with E-state index < -0.39 is 36.6 Å². The zero-order chi connectivity index (χ0) is 18.4. The molecule has 23 heavy (non-hydrogen) atoms. The molecule has 0 heterocycles. The molecule has 0 aliphatic carbocycles. The van der Waals surface area contributed by atoms with E-state index in [1.165, 1.54) is 20.8 Å². The van der Waals surface area contributed by atoms with Gasteiger partial charge in [0.05, 0.1) is 6.61 Å². The summed E-state index contributed by atoms with van der Waals surface area (Å²) in [5, 5.41) is 19.6. The van der Waals surface area contributed by atoms with Gasteiger partial charge in [0.25, 0.3) is 0 Å². The molecule has 128 valence electrons. The van der Waals surface area contributed by atoms with Crippen LogP contribution in [0.3, 0.4) is 0 Å². The molecule has 0 radical (unpaired) electrons. The largest absolute Gasteiger partial charge is 0.445 e. The van der Waals surface area contributed by atoms with Crippen LogP contribution in [0.4, 0.5) is 0 Å². The lowest BCUT2D eigenvalue weighted by Crippen LogP contribution is -2.53. The third-order valence-electron chi connectivity index (χ3n) is 2.35. The lowest BCUT2D eigenvalue weighted by molar-refractivity contribution is -0.361. The van der Waals surface area contributed by atoms with Crippen LogP contribution in [0.25, 0.3) is 0 Å². The predicted octanol–water partition coefficient (Wildman–Crippen LogP) is 0.351. The van der Waals surface area contributed by atoms with Crippen LogP contribution >= 0.6 is 0 Å². The Labute approximate surface area is 133 Å². The standard InChI is InChI=1S/C15H20O8/c1-8(2)12(17)21-11(7-16)15(20,22-13(18)9(3)4)23-14(19)10(5)6/h11,16,20H,1,3,5,7H2,2,4,6H3. The summed E-state index contributed by atoms with van der Waals surface area (Å²) < 4.78 is 14.0. The third kappa shape index (κ3) is 6.05. The maximum atomic E-state index is 11.6. The Morgan fingerprint density at radius 1 is 0.913 bits per heavy atom. The van der Waals surface area contributed by atoms with E-state index in [-0.39, 0.29) is 16.7 Å². The van der Waals surface area contributed by atoms with Crippen LogP contribution in [-0.2, 0) is 28.6 Å². The minimum absolute atomic E-state index is 0.0525. The average Bonchev–Trinajstić information content (AvgIpc) is 2.43. The number of esters is 3. The summed E-state index contributed by atoms with van der Waals surface area (Å²) in [4.78, 5) is 34.8. The van der Waals surface area contributed by atoms with Gasteiger partial charge < -0.3 is 24.4 Å². The third-order valence-corrected chi connectivity index (χ3v) is 2.35. The number of aliphatic hydroxyl groups excluding tert-OH is 1. The fraction of sp³-hybridized carbons (Fsp3) is 0.400. The first-order valence-corrected chi connectivity index (χ1v) is 6.42. The van der Waals surface area contributed by atoms with Crippen molar-refractivity contribution < 1.29 is 38.8 Å². The van der Waals surface area contributed by atoms with Gasteiger partial charge in [0.1, 0.15) is 0 Å². The Morgan fingerprint density at radius 3 is 1.52 bits per heavy atom. The summed E-state index contributed by atoms with van der Waals surface area (Å²) in [5.74, 6) is -6.33. The first kappa shape index (κ1) is 20.6. The highest BCUT2D eigenvalue weighted by Gasteiger charge is 2.48. The number of rotatable bonds is 8. The number of ether oxygens (including phenoxy) is 3. The summed E-state index contributed by atoms with van der Waals surface area (Å²) in [6.07, 6.45) is -1.90. The summed E-state index contributed by atoms with van der Waals surface area (Å²) >= 11 is 0. The van der Waals surface area contributed by atoms with E-state index >= 15 is 0 Å². The van der Waals surface area contributed by atoms with Crippen LogP contribution in [0.2, 0.25) is 0 Å². The zero-order valence-corrected chi connectivity index (χ0v) is 13.2. The molecule has 0 saturated carbocycles. The molecule has 0 saturated heterocycles. The normalized spacial score (nSPS) is 11.9. The quantitative estimate of drug-likeness (QED) is 0.372. The summed E-state index contributed by atoms with van der Waals surface area (Å²) in [5.41, 5.74) is -0.307. The van der Waals surface area contributed by atoms with Crippen LogP contribution in [-0.4, -0.2) is 46.8 Å². The van der Waals surface area contributed by atoms with Gasteiger partial charge >= 0.3 is 23.9 Å². The van der Waals surface area contributed by atoms with Crippen molar-refractivity contribution in [3.63, 3.8) is 0 Å². The lowest BCUT2D eigenvalue weighted by Gasteiger charge is -2.32. The van der Waals surface area contributed by atoms with Gasteiger partial charge in [-0.2, -0.15) is 0 Å². The Kier molecular flexibility index (Phi) is 7.37. The van der Waals surface area contributed by atoms with Crippen molar-refractivity contribution in [3.8, 4) is 0 Å². The molecule has 1 unspecified atom stereocenters. The fourth-order valence-electron chi connectivity index (χ4n) is 1.05. The van der Waals surface area contributed by atoms with E-state index in [0.29, 0.717) is 0 Å². The first-order valence-electron chi connectivity index (χ1n) is 6.42. The second kappa shape index (κ2) is 8.25. The molecule has 8 nitrogen and oxygen atoms in total. The summed E-state index contributed by atoms with van der Waals surface area (Å²) in [6, 6.07) is 0. The second-order valence-electron chi connectivity index (χ2n) is 4.83. The van der Waals surface area contributed by atoms with E-state index in [2.05, 4.69) is 29.2 Å². The van der Waals surface area contributed by atoms with Crippen molar-refractivity contribution in [2.75, 3.05) is 6.61 Å². The molecule has 0 bridgehead atoms. The van der Waals surface area contributed by atoms with Gasteiger partial charge in [-0.1, -0.05) is 19.7 Å². The van der Waals surface area contributed by atoms with E-state index in [1.54, 1.807) is 0 Å². The molecule has 2 N–H and O–H groups in total. The minimum Gasteiger partial charge on any atom is -0.445 e. The van der Waals surface area contributed by atoms with Gasteiger partial charge in [0.15, 0.2) is 0 Å². The highest BCUT2D eigenvalue weighted by atomic mass is 16.9. The molecule has 0 amide bonds. The Hall–Kier alpha value is -2.45. The predicted molar refractivity (Wildman–Crippen MR) is 78.5 cm³/mol. The second-order valence-corrected chi connectivity index (χ2v) is 4.83. The molecule has 0 aliphatic heterocycles. The first-order chi connectivity index (χ1) is 10.4. The minimum atomic E-state index is -3.06. The van der Waals surface area contributed by atoms with Gasteiger partial charge in [-0.3, -0.25) is 0 Å². The average molecular weight is 328 g/mol. The maximum absolute atomic E-state index is 11.6. The molecule has 0 spiro atoms. The van der Waals surface area contributed by atoms with Crippen molar-refractivity contribution in [3.05, 3.63) is 36.5 Å². The monoisotopic (exact) mass is 328 g/mol. The SMILES string of the molecule is C=C(C)C(=O)OC(CO)C(O)(OC(=O)C(=C)C)OC(=O)C(=C)C. The van der Waals surface area contributed by atoms with Crippen LogP contribution in [0.1, 0.15) is 20.8 Å². The molecular formula is C15H20O8. The van der Waals surface area contributed by atoms with Crippen molar-refractivity contribution in [1.29, 1.82) is 0 Å². The highest BCUT2D eigenvalue weighted by molar-refractivity contribution is 5.89. The zero-order valence-electron chi connectivity index (χ0n) is 13.2. The Balaban J connectivity index is 5.59. The van der Waals surface area contributed by atoms with Crippen molar-refractivity contribution in [2.45, 2.75) is 32.8 Å². The molecule has 0 aromatic carbocycles. The molecule has 0 aromatic rings. The number of carbonyl (C=O) groups excluding carboxylic acids is 3. The molecule has 0 aliphatic rings. The highest BCUT2D eigenvalue weighted by Crippen LogP contribution is 2.22. The number of carbonyl (C=O) groups is 3. The number of aliphatic hydroxyl groups is 2. The Morgan fingerprint density at radius 2 is 1.26 bits per heavy atom. The van der Waals surface area contributed by atoms with E-state index in [4.69, 9.17) is 4.74 Å². The van der Waals surface area contributed by atoms with E-state index in [1.807, 2.05) is 0 Å². The van der Waals surface area contributed by atoms with Crippen molar-refractivity contribution >= 4 is 17.9 Å². The van der Waals surface area contributed by atoms with Gasteiger partial charge in [-0.25, -0.2) is 14.4 Å².